The molecule has 19 heavy (non-hydrogen) atoms. The quantitative estimate of drug-likeness (QED) is 0.728. The number of hydrogen-bond acceptors (Lipinski definition) is 3. The summed E-state index contributed by atoms with van der Waals surface area (Å²) in [5, 5.41) is 12.2. The van der Waals surface area contributed by atoms with Crippen LogP contribution in [0.3, 0.4) is 0 Å². The summed E-state index contributed by atoms with van der Waals surface area (Å²) in [6.07, 6.45) is 4.12. The summed E-state index contributed by atoms with van der Waals surface area (Å²) in [6, 6.07) is 6.45. The Morgan fingerprint density at radius 2 is 2.05 bits per heavy atom. The molecule has 0 aliphatic heterocycles. The maximum Gasteiger partial charge on any atom is 0.237 e. The first-order valence-electron chi connectivity index (χ1n) is 6.88. The van der Waals surface area contributed by atoms with Crippen molar-refractivity contribution in [2.24, 2.45) is 11.7 Å². The fraction of sp³-hybridized carbons (Fsp3) is 0.533. The van der Waals surface area contributed by atoms with Crippen LogP contribution in [0, 0.1) is 5.92 Å². The molecule has 1 aliphatic rings. The summed E-state index contributed by atoms with van der Waals surface area (Å²) in [5.74, 6) is 0.921. The van der Waals surface area contributed by atoms with E-state index in [1.54, 1.807) is 24.3 Å². The van der Waals surface area contributed by atoms with Crippen LogP contribution in [-0.2, 0) is 11.2 Å². The minimum absolute atomic E-state index is 0.0961. The van der Waals surface area contributed by atoms with Crippen LogP contribution in [0.5, 0.6) is 5.75 Å². The molecule has 1 aromatic carbocycles. The Bertz CT molecular complexity index is 426. The summed E-state index contributed by atoms with van der Waals surface area (Å²) in [7, 11) is 0. The first-order chi connectivity index (χ1) is 9.04. The molecule has 0 aromatic heterocycles. The van der Waals surface area contributed by atoms with Gasteiger partial charge in [-0.1, -0.05) is 25.0 Å². The summed E-state index contributed by atoms with van der Waals surface area (Å²) >= 11 is 0. The Hall–Kier alpha value is -1.55. The van der Waals surface area contributed by atoms with Crippen molar-refractivity contribution >= 4 is 5.91 Å². The molecule has 1 aliphatic carbocycles. The molecule has 0 heterocycles. The van der Waals surface area contributed by atoms with E-state index < -0.39 is 6.04 Å². The lowest BCUT2D eigenvalue weighted by Gasteiger charge is -2.17. The molecule has 1 aromatic rings. The SMILES string of the molecule is CC(CC1CC1)NC(=O)C(N)Cc1ccc(O)cc1. The molecule has 104 valence electrons. The highest BCUT2D eigenvalue weighted by Gasteiger charge is 2.25. The molecule has 2 atom stereocenters. The van der Waals surface area contributed by atoms with Gasteiger partial charge in [0.1, 0.15) is 5.75 Å². The normalized spacial score (nSPS) is 17.8. The van der Waals surface area contributed by atoms with E-state index in [9.17, 15) is 9.90 Å². The van der Waals surface area contributed by atoms with Gasteiger partial charge in [0.15, 0.2) is 0 Å². The lowest BCUT2D eigenvalue weighted by atomic mass is 10.0. The fourth-order valence-electron chi connectivity index (χ4n) is 2.24. The fourth-order valence-corrected chi connectivity index (χ4v) is 2.24. The molecule has 4 N–H and O–H groups in total. The van der Waals surface area contributed by atoms with E-state index in [1.807, 2.05) is 6.92 Å². The van der Waals surface area contributed by atoms with Crippen LogP contribution in [0.1, 0.15) is 31.7 Å². The van der Waals surface area contributed by atoms with Gasteiger partial charge in [-0.15, -0.1) is 0 Å². The molecular formula is C15H22N2O2. The molecule has 2 unspecified atom stereocenters. The summed E-state index contributed by atoms with van der Waals surface area (Å²) < 4.78 is 0. The van der Waals surface area contributed by atoms with E-state index in [0.717, 1.165) is 17.9 Å². The smallest absolute Gasteiger partial charge is 0.237 e. The van der Waals surface area contributed by atoms with Gasteiger partial charge in [0.2, 0.25) is 5.91 Å². The second-order valence-electron chi connectivity index (χ2n) is 5.57. The number of nitrogens with one attached hydrogen (secondary N) is 1. The van der Waals surface area contributed by atoms with E-state index >= 15 is 0 Å². The molecule has 0 saturated heterocycles. The average molecular weight is 262 g/mol. The van der Waals surface area contributed by atoms with Crippen LogP contribution < -0.4 is 11.1 Å². The van der Waals surface area contributed by atoms with Crippen molar-refractivity contribution in [1.29, 1.82) is 0 Å². The van der Waals surface area contributed by atoms with E-state index in [2.05, 4.69) is 5.32 Å². The molecule has 0 radical (unpaired) electrons. The van der Waals surface area contributed by atoms with E-state index in [-0.39, 0.29) is 17.7 Å². The number of phenolic OH excluding ortho intramolecular Hbond substituents is 1. The summed E-state index contributed by atoms with van der Waals surface area (Å²) in [4.78, 5) is 11.9. The van der Waals surface area contributed by atoms with Crippen LogP contribution in [-0.4, -0.2) is 23.1 Å². The van der Waals surface area contributed by atoms with Gasteiger partial charge < -0.3 is 16.2 Å². The Morgan fingerprint density at radius 1 is 1.42 bits per heavy atom. The van der Waals surface area contributed by atoms with Crippen molar-refractivity contribution in [1.82, 2.24) is 5.32 Å². The third-order valence-corrected chi connectivity index (χ3v) is 3.50. The number of amides is 1. The van der Waals surface area contributed by atoms with Gasteiger partial charge in [-0.25, -0.2) is 0 Å². The molecule has 2 rings (SSSR count). The summed E-state index contributed by atoms with van der Waals surface area (Å²) in [5.41, 5.74) is 6.86. The van der Waals surface area contributed by atoms with Crippen molar-refractivity contribution < 1.29 is 9.90 Å². The van der Waals surface area contributed by atoms with Crippen LogP contribution in [0.15, 0.2) is 24.3 Å². The Balaban J connectivity index is 1.79. The molecule has 0 bridgehead atoms. The second kappa shape index (κ2) is 6.06. The Labute approximate surface area is 114 Å². The highest BCUT2D eigenvalue weighted by molar-refractivity contribution is 5.82. The van der Waals surface area contributed by atoms with Crippen molar-refractivity contribution in [3.05, 3.63) is 29.8 Å². The number of aromatic hydroxyl groups is 1. The minimum Gasteiger partial charge on any atom is -0.508 e. The maximum absolute atomic E-state index is 11.9. The Kier molecular flexibility index (Phi) is 4.43. The third kappa shape index (κ3) is 4.56. The molecule has 0 spiro atoms. The number of benzene rings is 1. The van der Waals surface area contributed by atoms with Gasteiger partial charge in [-0.3, -0.25) is 4.79 Å². The lowest BCUT2D eigenvalue weighted by Crippen LogP contribution is -2.45. The van der Waals surface area contributed by atoms with Gasteiger partial charge in [0, 0.05) is 6.04 Å². The van der Waals surface area contributed by atoms with Gasteiger partial charge in [-0.05, 0) is 43.4 Å². The monoisotopic (exact) mass is 262 g/mol. The number of carbonyl (C=O) groups excluding carboxylic acids is 1. The lowest BCUT2D eigenvalue weighted by molar-refractivity contribution is -0.123. The van der Waals surface area contributed by atoms with Crippen LogP contribution >= 0.6 is 0 Å². The van der Waals surface area contributed by atoms with Crippen molar-refractivity contribution in [2.75, 3.05) is 0 Å². The number of nitrogens with two attached hydrogens (primary N) is 1. The Morgan fingerprint density at radius 3 is 2.63 bits per heavy atom. The van der Waals surface area contributed by atoms with E-state index in [0.29, 0.717) is 6.42 Å². The van der Waals surface area contributed by atoms with Crippen molar-refractivity contribution in [3.8, 4) is 5.75 Å². The van der Waals surface area contributed by atoms with E-state index in [4.69, 9.17) is 5.73 Å². The zero-order valence-electron chi connectivity index (χ0n) is 11.3. The topological polar surface area (TPSA) is 75.4 Å². The third-order valence-electron chi connectivity index (χ3n) is 3.50. The molecule has 1 fully saturated rings. The highest BCUT2D eigenvalue weighted by atomic mass is 16.3. The maximum atomic E-state index is 11.9. The number of rotatable bonds is 6. The largest absolute Gasteiger partial charge is 0.508 e. The highest BCUT2D eigenvalue weighted by Crippen LogP contribution is 2.33. The predicted octanol–water partition coefficient (Wildman–Crippen LogP) is 1.57. The molecule has 1 saturated carbocycles. The average Bonchev–Trinajstić information content (AvgIpc) is 3.15. The van der Waals surface area contributed by atoms with Gasteiger partial charge in [-0.2, -0.15) is 0 Å². The zero-order chi connectivity index (χ0) is 13.8. The minimum atomic E-state index is -0.536. The first-order valence-corrected chi connectivity index (χ1v) is 6.88. The van der Waals surface area contributed by atoms with E-state index in [1.165, 1.54) is 12.8 Å². The van der Waals surface area contributed by atoms with Crippen LogP contribution in [0.4, 0.5) is 0 Å². The summed E-state index contributed by atoms with van der Waals surface area (Å²) in [6.45, 7) is 2.03. The van der Waals surface area contributed by atoms with Crippen molar-refractivity contribution in [2.45, 2.75) is 44.7 Å². The molecule has 1 amide bonds. The molecule has 4 nitrogen and oxygen atoms in total. The predicted molar refractivity (Wildman–Crippen MR) is 74.7 cm³/mol. The zero-order valence-corrected chi connectivity index (χ0v) is 11.3. The number of phenols is 1. The standard InChI is InChI=1S/C15H22N2O2/c1-10(8-11-2-3-11)17-15(19)14(16)9-12-4-6-13(18)7-5-12/h4-7,10-11,14,18H,2-3,8-9,16H2,1H3,(H,17,19). The van der Waals surface area contributed by atoms with Gasteiger partial charge in [0.05, 0.1) is 6.04 Å². The molecule has 4 heteroatoms. The van der Waals surface area contributed by atoms with Crippen LogP contribution in [0.2, 0.25) is 0 Å². The van der Waals surface area contributed by atoms with Gasteiger partial charge >= 0.3 is 0 Å². The van der Waals surface area contributed by atoms with Crippen LogP contribution in [0.25, 0.3) is 0 Å². The first kappa shape index (κ1) is 13.9. The van der Waals surface area contributed by atoms with Gasteiger partial charge in [0.25, 0.3) is 0 Å². The van der Waals surface area contributed by atoms with Crippen molar-refractivity contribution in [3.63, 3.8) is 0 Å². The second-order valence-corrected chi connectivity index (χ2v) is 5.57. The number of carbonyl (C=O) groups is 1. The molecular weight excluding hydrogens is 240 g/mol. The number of hydrogen-bond donors (Lipinski definition) is 3.